The molecule has 1 aromatic rings. The fourth-order valence-corrected chi connectivity index (χ4v) is 3.54. The predicted octanol–water partition coefficient (Wildman–Crippen LogP) is 2.43. The first-order valence-corrected chi connectivity index (χ1v) is 8.35. The highest BCUT2D eigenvalue weighted by Crippen LogP contribution is 2.21. The van der Waals surface area contributed by atoms with Crippen LogP contribution in [0.15, 0.2) is 18.2 Å². The maximum Gasteiger partial charge on any atom is 0.226 e. The van der Waals surface area contributed by atoms with Gasteiger partial charge in [-0.05, 0) is 44.7 Å². The Kier molecular flexibility index (Phi) is 4.67. The third-order valence-electron chi connectivity index (χ3n) is 4.78. The third kappa shape index (κ3) is 3.61. The lowest BCUT2D eigenvalue weighted by atomic mass is 10.1. The van der Waals surface area contributed by atoms with E-state index in [9.17, 15) is 4.79 Å². The van der Waals surface area contributed by atoms with Crippen molar-refractivity contribution in [1.29, 1.82) is 0 Å². The number of nitrogens with one attached hydrogen (secondary N) is 1. The standard InChI is InChI=1S/C18H26N2O2/c1-13-3-6-17(14(2)11-13)22-10-8-18(21)20-9-7-15-4-5-16(12-20)19-15/h3,6,11,15-16,19H,4-5,7-10,12H2,1-2H3. The van der Waals surface area contributed by atoms with E-state index in [0.717, 1.165) is 30.8 Å². The van der Waals surface area contributed by atoms with Crippen LogP contribution >= 0.6 is 0 Å². The van der Waals surface area contributed by atoms with Gasteiger partial charge in [0.2, 0.25) is 5.91 Å². The largest absolute Gasteiger partial charge is 0.493 e. The zero-order chi connectivity index (χ0) is 15.5. The van der Waals surface area contributed by atoms with Crippen LogP contribution in [0.4, 0.5) is 0 Å². The molecule has 2 aliphatic rings. The van der Waals surface area contributed by atoms with Crippen LogP contribution in [0.2, 0.25) is 0 Å². The Bertz CT molecular complexity index is 544. The molecule has 2 bridgehead atoms. The van der Waals surface area contributed by atoms with Gasteiger partial charge in [0.05, 0.1) is 13.0 Å². The molecule has 1 N–H and O–H groups in total. The number of carbonyl (C=O) groups excluding carboxylic acids is 1. The van der Waals surface area contributed by atoms with E-state index in [4.69, 9.17) is 4.74 Å². The minimum atomic E-state index is 0.221. The van der Waals surface area contributed by atoms with E-state index in [-0.39, 0.29) is 5.91 Å². The molecule has 0 aromatic heterocycles. The van der Waals surface area contributed by atoms with Gasteiger partial charge in [-0.2, -0.15) is 0 Å². The first kappa shape index (κ1) is 15.3. The van der Waals surface area contributed by atoms with Crippen LogP contribution in [0, 0.1) is 13.8 Å². The van der Waals surface area contributed by atoms with Gasteiger partial charge in [0.25, 0.3) is 0 Å². The Morgan fingerprint density at radius 2 is 2.09 bits per heavy atom. The molecule has 4 heteroatoms. The van der Waals surface area contributed by atoms with Gasteiger partial charge in [-0.25, -0.2) is 0 Å². The Morgan fingerprint density at radius 3 is 2.91 bits per heavy atom. The molecule has 2 fully saturated rings. The molecular formula is C18H26N2O2. The predicted molar refractivity (Wildman–Crippen MR) is 87.2 cm³/mol. The second-order valence-corrected chi connectivity index (χ2v) is 6.63. The van der Waals surface area contributed by atoms with Gasteiger partial charge in [0.1, 0.15) is 5.75 Å². The molecule has 2 atom stereocenters. The van der Waals surface area contributed by atoms with E-state index in [1.165, 1.54) is 18.4 Å². The van der Waals surface area contributed by atoms with E-state index < -0.39 is 0 Å². The molecule has 1 amide bonds. The molecule has 3 rings (SSSR count). The lowest BCUT2D eigenvalue weighted by molar-refractivity contribution is -0.131. The smallest absolute Gasteiger partial charge is 0.226 e. The van der Waals surface area contributed by atoms with Crippen LogP contribution in [-0.4, -0.2) is 42.6 Å². The van der Waals surface area contributed by atoms with Crippen LogP contribution in [-0.2, 0) is 4.79 Å². The lowest BCUT2D eigenvalue weighted by Crippen LogP contribution is -2.39. The van der Waals surface area contributed by atoms with Crippen molar-refractivity contribution in [1.82, 2.24) is 10.2 Å². The number of fused-ring (bicyclic) bond motifs is 2. The molecule has 2 unspecified atom stereocenters. The molecule has 1 aromatic carbocycles. The first-order valence-electron chi connectivity index (χ1n) is 8.35. The minimum Gasteiger partial charge on any atom is -0.493 e. The summed E-state index contributed by atoms with van der Waals surface area (Å²) in [5, 5.41) is 3.61. The van der Waals surface area contributed by atoms with Crippen molar-refractivity contribution >= 4 is 5.91 Å². The summed E-state index contributed by atoms with van der Waals surface area (Å²) in [6, 6.07) is 7.26. The Labute approximate surface area is 132 Å². The normalized spacial score (nSPS) is 24.2. The monoisotopic (exact) mass is 302 g/mol. The van der Waals surface area contributed by atoms with Crippen molar-refractivity contribution in [2.75, 3.05) is 19.7 Å². The number of aryl methyl sites for hydroxylation is 2. The number of nitrogens with zero attached hydrogens (tertiary/aromatic N) is 1. The van der Waals surface area contributed by atoms with Crippen molar-refractivity contribution in [2.24, 2.45) is 0 Å². The summed E-state index contributed by atoms with van der Waals surface area (Å²) in [5.41, 5.74) is 2.36. The summed E-state index contributed by atoms with van der Waals surface area (Å²) >= 11 is 0. The van der Waals surface area contributed by atoms with Crippen molar-refractivity contribution in [3.05, 3.63) is 29.3 Å². The molecular weight excluding hydrogens is 276 g/mol. The van der Waals surface area contributed by atoms with Gasteiger partial charge >= 0.3 is 0 Å². The summed E-state index contributed by atoms with van der Waals surface area (Å²) in [7, 11) is 0. The summed E-state index contributed by atoms with van der Waals surface area (Å²) in [6.07, 6.45) is 4.01. The molecule has 2 aliphatic heterocycles. The number of rotatable bonds is 4. The topological polar surface area (TPSA) is 41.6 Å². The Hall–Kier alpha value is -1.55. The van der Waals surface area contributed by atoms with E-state index >= 15 is 0 Å². The number of ether oxygens (including phenoxy) is 1. The summed E-state index contributed by atoms with van der Waals surface area (Å²) in [4.78, 5) is 14.4. The average Bonchev–Trinajstić information content (AvgIpc) is 2.80. The van der Waals surface area contributed by atoms with Gasteiger partial charge in [0, 0.05) is 25.2 Å². The maximum absolute atomic E-state index is 12.4. The molecule has 2 heterocycles. The minimum absolute atomic E-state index is 0.221. The molecule has 120 valence electrons. The van der Waals surface area contributed by atoms with Crippen LogP contribution in [0.3, 0.4) is 0 Å². The summed E-state index contributed by atoms with van der Waals surface area (Å²) in [5.74, 6) is 1.11. The van der Waals surface area contributed by atoms with E-state index in [1.54, 1.807) is 0 Å². The van der Waals surface area contributed by atoms with Crippen molar-refractivity contribution in [3.8, 4) is 5.75 Å². The van der Waals surface area contributed by atoms with E-state index in [1.807, 2.05) is 24.0 Å². The molecule has 0 radical (unpaired) electrons. The number of carbonyl (C=O) groups is 1. The van der Waals surface area contributed by atoms with Crippen LogP contribution < -0.4 is 10.1 Å². The maximum atomic E-state index is 12.4. The number of likely N-dealkylation sites (tertiary alicyclic amines) is 1. The first-order chi connectivity index (χ1) is 10.6. The zero-order valence-corrected chi connectivity index (χ0v) is 13.6. The molecule has 22 heavy (non-hydrogen) atoms. The van der Waals surface area contributed by atoms with E-state index in [2.05, 4.69) is 18.3 Å². The molecule has 0 spiro atoms. The van der Waals surface area contributed by atoms with Crippen molar-refractivity contribution in [3.63, 3.8) is 0 Å². The average molecular weight is 302 g/mol. The van der Waals surface area contributed by atoms with Gasteiger partial charge in [-0.1, -0.05) is 17.7 Å². The SMILES string of the molecule is Cc1ccc(OCCC(=O)N2CCC3CCC(C2)N3)c(C)c1. The fourth-order valence-electron chi connectivity index (χ4n) is 3.54. The molecule has 0 saturated carbocycles. The van der Waals surface area contributed by atoms with Gasteiger partial charge in [-0.3, -0.25) is 4.79 Å². The second kappa shape index (κ2) is 6.69. The summed E-state index contributed by atoms with van der Waals surface area (Å²) in [6.45, 7) is 6.32. The highest BCUT2D eigenvalue weighted by molar-refractivity contribution is 5.76. The van der Waals surface area contributed by atoms with Gasteiger partial charge in [-0.15, -0.1) is 0 Å². The van der Waals surface area contributed by atoms with E-state index in [0.29, 0.717) is 25.1 Å². The molecule has 0 aliphatic carbocycles. The number of amides is 1. The quantitative estimate of drug-likeness (QED) is 0.929. The van der Waals surface area contributed by atoms with Crippen molar-refractivity contribution in [2.45, 2.75) is 51.6 Å². The number of hydrogen-bond donors (Lipinski definition) is 1. The third-order valence-corrected chi connectivity index (χ3v) is 4.78. The zero-order valence-electron chi connectivity index (χ0n) is 13.6. The van der Waals surface area contributed by atoms with Gasteiger partial charge < -0.3 is 15.0 Å². The molecule has 2 saturated heterocycles. The molecule has 4 nitrogen and oxygen atoms in total. The van der Waals surface area contributed by atoms with Crippen LogP contribution in [0.5, 0.6) is 5.75 Å². The number of benzene rings is 1. The Balaban J connectivity index is 1.48. The van der Waals surface area contributed by atoms with Crippen molar-refractivity contribution < 1.29 is 9.53 Å². The second-order valence-electron chi connectivity index (χ2n) is 6.63. The summed E-state index contributed by atoms with van der Waals surface area (Å²) < 4.78 is 5.78. The Morgan fingerprint density at radius 1 is 1.27 bits per heavy atom. The van der Waals surface area contributed by atoms with Crippen LogP contribution in [0.1, 0.15) is 36.8 Å². The highest BCUT2D eigenvalue weighted by atomic mass is 16.5. The van der Waals surface area contributed by atoms with Gasteiger partial charge in [0.15, 0.2) is 0 Å². The highest BCUT2D eigenvalue weighted by Gasteiger charge is 2.30. The van der Waals surface area contributed by atoms with Crippen LogP contribution in [0.25, 0.3) is 0 Å². The number of hydrogen-bond acceptors (Lipinski definition) is 3. The lowest BCUT2D eigenvalue weighted by Gasteiger charge is -2.24. The fraction of sp³-hybridized carbons (Fsp3) is 0.611.